The molecule has 0 aliphatic carbocycles. The largest absolute Gasteiger partial charge is 0.460 e. The van der Waals surface area contributed by atoms with Gasteiger partial charge in [-0.2, -0.15) is 13.8 Å². The molecular formula is C13H17F2N3O5. The van der Waals surface area contributed by atoms with Crippen molar-refractivity contribution in [1.29, 1.82) is 0 Å². The van der Waals surface area contributed by atoms with Crippen LogP contribution in [0.5, 0.6) is 0 Å². The number of anilines is 1. The van der Waals surface area contributed by atoms with E-state index in [0.29, 0.717) is 4.57 Å². The van der Waals surface area contributed by atoms with Crippen LogP contribution in [0, 0.1) is 0 Å². The Morgan fingerprint density at radius 2 is 2.30 bits per heavy atom. The molecule has 2 rings (SSSR count). The number of halogens is 2. The number of ether oxygens (including phenoxy) is 2. The van der Waals surface area contributed by atoms with E-state index in [0.717, 1.165) is 12.3 Å². The summed E-state index contributed by atoms with van der Waals surface area (Å²) in [6, 6.07) is 1.15. The number of nitrogens with two attached hydrogens (primary N) is 1. The zero-order chi connectivity index (χ0) is 17.4. The molecule has 0 spiro atoms. The Kier molecular flexibility index (Phi) is 4.66. The van der Waals surface area contributed by atoms with Crippen molar-refractivity contribution in [3.05, 3.63) is 22.7 Å². The lowest BCUT2D eigenvalue weighted by atomic mass is 10.1. The van der Waals surface area contributed by atoms with E-state index in [2.05, 4.69) is 4.98 Å². The third kappa shape index (κ3) is 3.17. The molecule has 0 radical (unpaired) electrons. The highest BCUT2D eigenvalue weighted by Crippen LogP contribution is 2.43. The third-order valence-electron chi connectivity index (χ3n) is 3.49. The number of aromatic nitrogens is 2. The van der Waals surface area contributed by atoms with Crippen molar-refractivity contribution >= 4 is 11.8 Å². The first-order chi connectivity index (χ1) is 10.7. The number of carbonyl (C=O) groups excluding carboxylic acids is 1. The molecule has 3 N–H and O–H groups in total. The lowest BCUT2D eigenvalue weighted by Crippen LogP contribution is -2.44. The SMILES string of the molecule is CCC(=O)OC(C)C1OC(n2ccc(N)nc2=O)C(F)(F)C1O. The monoisotopic (exact) mass is 333 g/mol. The molecule has 1 fully saturated rings. The Balaban J connectivity index is 2.29. The van der Waals surface area contributed by atoms with Crippen molar-refractivity contribution in [2.75, 3.05) is 5.73 Å². The molecular weight excluding hydrogens is 316 g/mol. The fourth-order valence-corrected chi connectivity index (χ4v) is 2.26. The molecule has 0 bridgehead atoms. The van der Waals surface area contributed by atoms with Gasteiger partial charge in [-0.15, -0.1) is 0 Å². The number of aliphatic hydroxyl groups excluding tert-OH is 1. The van der Waals surface area contributed by atoms with Gasteiger partial charge in [-0.25, -0.2) is 4.79 Å². The van der Waals surface area contributed by atoms with Crippen molar-refractivity contribution in [2.45, 2.75) is 50.7 Å². The predicted octanol–water partition coefficient (Wildman–Crippen LogP) is 0.0608. The summed E-state index contributed by atoms with van der Waals surface area (Å²) in [5.41, 5.74) is 4.27. The highest BCUT2D eigenvalue weighted by Gasteiger charge is 2.61. The lowest BCUT2D eigenvalue weighted by molar-refractivity contribution is -0.160. The molecule has 128 valence electrons. The molecule has 1 aliphatic rings. The molecule has 4 atom stereocenters. The van der Waals surface area contributed by atoms with Crippen LogP contribution in [0.2, 0.25) is 0 Å². The number of rotatable bonds is 4. The van der Waals surface area contributed by atoms with Gasteiger partial charge >= 0.3 is 17.6 Å². The number of esters is 1. The minimum atomic E-state index is -3.78. The van der Waals surface area contributed by atoms with Crippen LogP contribution in [0.3, 0.4) is 0 Å². The van der Waals surface area contributed by atoms with Gasteiger partial charge in [0.2, 0.25) is 6.23 Å². The van der Waals surface area contributed by atoms with E-state index in [-0.39, 0.29) is 12.2 Å². The number of hydrogen-bond donors (Lipinski definition) is 2. The first-order valence-corrected chi connectivity index (χ1v) is 6.94. The van der Waals surface area contributed by atoms with Crippen LogP contribution >= 0.6 is 0 Å². The third-order valence-corrected chi connectivity index (χ3v) is 3.49. The maximum absolute atomic E-state index is 14.3. The molecule has 1 aromatic heterocycles. The summed E-state index contributed by atoms with van der Waals surface area (Å²) in [7, 11) is 0. The van der Waals surface area contributed by atoms with Gasteiger partial charge in [-0.1, -0.05) is 6.92 Å². The quantitative estimate of drug-likeness (QED) is 0.748. The predicted molar refractivity (Wildman–Crippen MR) is 73.6 cm³/mol. The van der Waals surface area contributed by atoms with Gasteiger partial charge in [-0.05, 0) is 13.0 Å². The molecule has 8 nitrogen and oxygen atoms in total. The fourth-order valence-electron chi connectivity index (χ4n) is 2.26. The smallest absolute Gasteiger partial charge is 0.351 e. The van der Waals surface area contributed by atoms with Crippen LogP contribution in [0.15, 0.2) is 17.1 Å². The second kappa shape index (κ2) is 6.20. The molecule has 0 aromatic carbocycles. The highest BCUT2D eigenvalue weighted by molar-refractivity contribution is 5.69. The molecule has 23 heavy (non-hydrogen) atoms. The second-order valence-electron chi connectivity index (χ2n) is 5.16. The van der Waals surface area contributed by atoms with Gasteiger partial charge in [0.25, 0.3) is 0 Å². The Bertz CT molecular complexity index is 651. The maximum Gasteiger partial charge on any atom is 0.351 e. The summed E-state index contributed by atoms with van der Waals surface area (Å²) < 4.78 is 39.1. The average Bonchev–Trinajstić information content (AvgIpc) is 2.70. The van der Waals surface area contributed by atoms with Gasteiger partial charge in [0, 0.05) is 12.6 Å². The van der Waals surface area contributed by atoms with Crippen molar-refractivity contribution in [2.24, 2.45) is 0 Å². The standard InChI is InChI=1S/C13H17F2N3O5/c1-3-8(19)22-6(2)9-10(20)13(14,15)11(23-9)18-5-4-7(16)17-12(18)21/h4-6,9-11,20H,3H2,1-2H3,(H2,16,17,21). The van der Waals surface area contributed by atoms with Crippen LogP contribution in [0.4, 0.5) is 14.6 Å². The van der Waals surface area contributed by atoms with Gasteiger partial charge in [0.1, 0.15) is 18.0 Å². The number of aliphatic hydroxyl groups is 1. The van der Waals surface area contributed by atoms with E-state index in [4.69, 9.17) is 15.2 Å². The van der Waals surface area contributed by atoms with Crippen molar-refractivity contribution in [1.82, 2.24) is 9.55 Å². The van der Waals surface area contributed by atoms with E-state index >= 15 is 0 Å². The van der Waals surface area contributed by atoms with Crippen LogP contribution in [0.1, 0.15) is 26.5 Å². The molecule has 10 heteroatoms. The summed E-state index contributed by atoms with van der Waals surface area (Å²) in [4.78, 5) is 26.3. The molecule has 1 aromatic rings. The van der Waals surface area contributed by atoms with E-state index < -0.39 is 42.1 Å². The van der Waals surface area contributed by atoms with E-state index in [1.54, 1.807) is 0 Å². The summed E-state index contributed by atoms with van der Waals surface area (Å²) >= 11 is 0. The van der Waals surface area contributed by atoms with Crippen LogP contribution in [-0.2, 0) is 14.3 Å². The van der Waals surface area contributed by atoms with Crippen molar-refractivity contribution in [3.8, 4) is 0 Å². The number of hydrogen-bond acceptors (Lipinski definition) is 7. The normalized spacial score (nSPS) is 27.6. The molecule has 1 saturated heterocycles. The van der Waals surface area contributed by atoms with Crippen LogP contribution in [-0.4, -0.2) is 44.9 Å². The summed E-state index contributed by atoms with van der Waals surface area (Å²) in [6.45, 7) is 2.86. The number of carbonyl (C=O) groups is 1. The van der Waals surface area contributed by atoms with Crippen LogP contribution < -0.4 is 11.4 Å². The average molecular weight is 333 g/mol. The second-order valence-corrected chi connectivity index (χ2v) is 5.16. The Morgan fingerprint density at radius 1 is 1.65 bits per heavy atom. The first-order valence-electron chi connectivity index (χ1n) is 6.94. The van der Waals surface area contributed by atoms with E-state index in [1.165, 1.54) is 13.8 Å². The topological polar surface area (TPSA) is 117 Å². The zero-order valence-corrected chi connectivity index (χ0v) is 12.5. The minimum absolute atomic E-state index is 0.0499. The molecule has 0 amide bonds. The van der Waals surface area contributed by atoms with Crippen LogP contribution in [0.25, 0.3) is 0 Å². The summed E-state index contributed by atoms with van der Waals surface area (Å²) in [5, 5.41) is 9.82. The Hall–Kier alpha value is -2.07. The van der Waals surface area contributed by atoms with Gasteiger partial charge in [-0.3, -0.25) is 9.36 Å². The number of nitrogen functional groups attached to an aromatic ring is 1. The van der Waals surface area contributed by atoms with Gasteiger partial charge < -0.3 is 20.3 Å². The van der Waals surface area contributed by atoms with E-state index in [9.17, 15) is 23.5 Å². The van der Waals surface area contributed by atoms with Gasteiger partial charge in [0.05, 0.1) is 0 Å². The lowest BCUT2D eigenvalue weighted by Gasteiger charge is -2.22. The summed E-state index contributed by atoms with van der Waals surface area (Å²) in [5.74, 6) is -4.53. The molecule has 2 heterocycles. The fraction of sp³-hybridized carbons (Fsp3) is 0.615. The minimum Gasteiger partial charge on any atom is -0.460 e. The molecule has 1 aliphatic heterocycles. The number of nitrogens with zero attached hydrogens (tertiary/aromatic N) is 2. The molecule has 4 unspecified atom stereocenters. The Morgan fingerprint density at radius 3 is 2.87 bits per heavy atom. The summed E-state index contributed by atoms with van der Waals surface area (Å²) in [6.07, 6.45) is -5.89. The maximum atomic E-state index is 14.3. The van der Waals surface area contributed by atoms with Crippen molar-refractivity contribution in [3.63, 3.8) is 0 Å². The zero-order valence-electron chi connectivity index (χ0n) is 12.5. The molecule has 0 saturated carbocycles. The highest BCUT2D eigenvalue weighted by atomic mass is 19.3. The van der Waals surface area contributed by atoms with E-state index in [1.807, 2.05) is 0 Å². The van der Waals surface area contributed by atoms with Gasteiger partial charge in [0.15, 0.2) is 6.10 Å². The first kappa shape index (κ1) is 17.3. The number of alkyl halides is 2. The van der Waals surface area contributed by atoms with Crippen molar-refractivity contribution < 1.29 is 28.2 Å². The Labute approximate surface area is 129 Å².